The molecule has 0 aromatic carbocycles. The summed E-state index contributed by atoms with van der Waals surface area (Å²) in [5.74, 6) is 0.290. The Kier molecular flexibility index (Phi) is 3.99. The van der Waals surface area contributed by atoms with Crippen molar-refractivity contribution in [2.24, 2.45) is 0 Å². The van der Waals surface area contributed by atoms with Crippen molar-refractivity contribution in [3.05, 3.63) is 54.1 Å². The quantitative estimate of drug-likeness (QED) is 0.716. The van der Waals surface area contributed by atoms with E-state index in [1.165, 1.54) is 18.5 Å². The van der Waals surface area contributed by atoms with E-state index in [4.69, 9.17) is 0 Å². The van der Waals surface area contributed by atoms with Crippen LogP contribution in [-0.2, 0) is 0 Å². The summed E-state index contributed by atoms with van der Waals surface area (Å²) >= 11 is 0. The molecule has 7 nitrogen and oxygen atoms in total. The Balaban J connectivity index is 1.36. The van der Waals surface area contributed by atoms with Gasteiger partial charge >= 0.3 is 0 Å². The van der Waals surface area contributed by atoms with Crippen molar-refractivity contribution >= 4 is 17.1 Å². The van der Waals surface area contributed by atoms with Crippen molar-refractivity contribution in [2.45, 2.75) is 25.2 Å². The summed E-state index contributed by atoms with van der Waals surface area (Å²) in [6.07, 6.45) is 8.82. The molecule has 3 aromatic rings. The number of carbonyl (C=O) groups is 1. The second kappa shape index (κ2) is 6.64. The molecule has 0 saturated carbocycles. The fourth-order valence-corrected chi connectivity index (χ4v) is 4.20. The molecule has 2 saturated heterocycles. The topological polar surface area (TPSA) is 66.6 Å². The zero-order valence-corrected chi connectivity index (χ0v) is 15.2. The van der Waals surface area contributed by atoms with Gasteiger partial charge in [0.2, 0.25) is 0 Å². The van der Waals surface area contributed by atoms with Crippen molar-refractivity contribution in [1.82, 2.24) is 24.7 Å². The number of carbonyl (C=O) groups excluding carboxylic acids is 1. The van der Waals surface area contributed by atoms with E-state index in [2.05, 4.69) is 38.5 Å². The summed E-state index contributed by atoms with van der Waals surface area (Å²) in [5, 5.41) is 8.81. The first-order valence-electron chi connectivity index (χ1n) is 9.59. The summed E-state index contributed by atoms with van der Waals surface area (Å²) < 4.78 is 1.89. The largest absolute Gasteiger partial charge is 0.370 e. The van der Waals surface area contributed by atoms with Crippen LogP contribution >= 0.6 is 0 Å². The minimum Gasteiger partial charge on any atom is -0.370 e. The zero-order valence-electron chi connectivity index (χ0n) is 15.2. The van der Waals surface area contributed by atoms with E-state index in [9.17, 15) is 4.79 Å². The minimum absolute atomic E-state index is 0.0627. The van der Waals surface area contributed by atoms with Crippen molar-refractivity contribution < 1.29 is 4.79 Å². The highest BCUT2D eigenvalue weighted by Gasteiger charge is 2.31. The van der Waals surface area contributed by atoms with Crippen LogP contribution in [-0.4, -0.2) is 56.8 Å². The lowest BCUT2D eigenvalue weighted by atomic mass is 10.0. The van der Waals surface area contributed by atoms with E-state index < -0.39 is 0 Å². The Bertz CT molecular complexity index is 963. The Morgan fingerprint density at radius 2 is 1.85 bits per heavy atom. The van der Waals surface area contributed by atoms with Gasteiger partial charge in [0.1, 0.15) is 0 Å². The molecule has 0 unspecified atom stereocenters. The smallest absolute Gasteiger partial charge is 0.253 e. The van der Waals surface area contributed by atoms with Crippen molar-refractivity contribution in [1.29, 1.82) is 0 Å². The van der Waals surface area contributed by atoms with Crippen LogP contribution in [0.3, 0.4) is 0 Å². The molecule has 0 spiro atoms. The minimum atomic E-state index is 0.0627. The van der Waals surface area contributed by atoms with Crippen LogP contribution in [0.25, 0.3) is 5.52 Å². The third-order valence-electron chi connectivity index (χ3n) is 5.69. The van der Waals surface area contributed by atoms with Gasteiger partial charge in [0.15, 0.2) is 0 Å². The molecule has 27 heavy (non-hydrogen) atoms. The molecule has 0 aliphatic carbocycles. The van der Waals surface area contributed by atoms with Crippen LogP contribution in [0.1, 0.15) is 41.2 Å². The summed E-state index contributed by atoms with van der Waals surface area (Å²) in [6.45, 7) is 3.66. The van der Waals surface area contributed by atoms with E-state index in [0.29, 0.717) is 12.1 Å². The van der Waals surface area contributed by atoms with Gasteiger partial charge in [-0.05, 0) is 43.5 Å². The molecule has 5 heterocycles. The number of amides is 1. The van der Waals surface area contributed by atoms with Gasteiger partial charge in [-0.15, -0.1) is 5.10 Å². The number of nitrogens with zero attached hydrogens (tertiary/aromatic N) is 6. The van der Waals surface area contributed by atoms with Gasteiger partial charge in [-0.2, -0.15) is 0 Å². The van der Waals surface area contributed by atoms with Gasteiger partial charge < -0.3 is 9.80 Å². The summed E-state index contributed by atoms with van der Waals surface area (Å²) in [6, 6.07) is 7.82. The fraction of sp³-hybridized carbons (Fsp3) is 0.400. The van der Waals surface area contributed by atoms with Crippen LogP contribution < -0.4 is 4.90 Å². The second-order valence-electron chi connectivity index (χ2n) is 7.36. The number of likely N-dealkylation sites (tertiary alicyclic amines) is 1. The average molecular weight is 362 g/mol. The molecule has 0 bridgehead atoms. The number of aromatic nitrogens is 4. The van der Waals surface area contributed by atoms with Crippen molar-refractivity contribution in [3.63, 3.8) is 0 Å². The Hall–Kier alpha value is -2.96. The normalized spacial score (nSPS) is 19.9. The van der Waals surface area contributed by atoms with E-state index >= 15 is 0 Å². The SMILES string of the molecule is O=C(c1ccncc1)N1CC[C@H](c2nnn3cc(N4CCCC4)ccc23)C1. The number of fused-ring (bicyclic) bond motifs is 1. The standard InChI is InChI=1S/C20H22N6O/c27-20(15-5-8-21-9-6-15)25-12-7-16(13-25)19-18-4-3-17(14-26(18)23-22-19)24-10-1-2-11-24/h3-6,8-9,14,16H,1-2,7,10-13H2/t16-/m0/s1. The van der Waals surface area contributed by atoms with E-state index in [0.717, 1.165) is 37.3 Å². The molecule has 5 rings (SSSR count). The van der Waals surface area contributed by atoms with E-state index in [-0.39, 0.29) is 11.8 Å². The van der Waals surface area contributed by atoms with Crippen LogP contribution in [0.2, 0.25) is 0 Å². The summed E-state index contributed by atoms with van der Waals surface area (Å²) in [7, 11) is 0. The predicted molar refractivity (Wildman–Crippen MR) is 102 cm³/mol. The highest BCUT2D eigenvalue weighted by Crippen LogP contribution is 2.30. The maximum atomic E-state index is 12.7. The molecule has 2 aliphatic heterocycles. The van der Waals surface area contributed by atoms with Gasteiger partial charge in [0, 0.05) is 50.1 Å². The van der Waals surface area contributed by atoms with Crippen LogP contribution in [0, 0.1) is 0 Å². The molecule has 0 N–H and O–H groups in total. The molecule has 1 atom stereocenters. The highest BCUT2D eigenvalue weighted by atomic mass is 16.2. The number of pyridine rings is 2. The molecule has 7 heteroatoms. The third kappa shape index (κ3) is 2.93. The molecular weight excluding hydrogens is 340 g/mol. The Morgan fingerprint density at radius 1 is 1.04 bits per heavy atom. The van der Waals surface area contributed by atoms with Crippen molar-refractivity contribution in [3.8, 4) is 0 Å². The number of anilines is 1. The number of rotatable bonds is 3. The lowest BCUT2D eigenvalue weighted by molar-refractivity contribution is 0.0790. The predicted octanol–water partition coefficient (Wildman–Crippen LogP) is 2.35. The lowest BCUT2D eigenvalue weighted by Crippen LogP contribution is -2.28. The lowest BCUT2D eigenvalue weighted by Gasteiger charge is -2.17. The Labute approximate surface area is 157 Å². The number of hydrogen-bond donors (Lipinski definition) is 0. The first-order valence-corrected chi connectivity index (χ1v) is 9.59. The fourth-order valence-electron chi connectivity index (χ4n) is 4.20. The summed E-state index contributed by atoms with van der Waals surface area (Å²) in [4.78, 5) is 21.0. The molecule has 1 amide bonds. The third-order valence-corrected chi connectivity index (χ3v) is 5.69. The molecule has 2 fully saturated rings. The first-order chi connectivity index (χ1) is 13.3. The van der Waals surface area contributed by atoms with Gasteiger partial charge in [-0.25, -0.2) is 4.52 Å². The average Bonchev–Trinajstić information content (AvgIpc) is 3.47. The van der Waals surface area contributed by atoms with Crippen LogP contribution in [0.4, 0.5) is 5.69 Å². The molecule has 2 aliphatic rings. The van der Waals surface area contributed by atoms with Gasteiger partial charge in [-0.1, -0.05) is 5.21 Å². The zero-order chi connectivity index (χ0) is 18.2. The molecule has 3 aromatic heterocycles. The molecule has 0 radical (unpaired) electrons. The van der Waals surface area contributed by atoms with Gasteiger partial charge in [0.05, 0.1) is 23.1 Å². The monoisotopic (exact) mass is 362 g/mol. The highest BCUT2D eigenvalue weighted by molar-refractivity contribution is 5.94. The first kappa shape index (κ1) is 16.2. The van der Waals surface area contributed by atoms with Crippen LogP contribution in [0.15, 0.2) is 42.9 Å². The van der Waals surface area contributed by atoms with Gasteiger partial charge in [-0.3, -0.25) is 9.78 Å². The Morgan fingerprint density at radius 3 is 2.67 bits per heavy atom. The maximum absolute atomic E-state index is 12.7. The maximum Gasteiger partial charge on any atom is 0.253 e. The molecular formula is C20H22N6O. The molecule has 138 valence electrons. The summed E-state index contributed by atoms with van der Waals surface area (Å²) in [5.41, 5.74) is 3.93. The van der Waals surface area contributed by atoms with E-state index in [1.54, 1.807) is 24.5 Å². The van der Waals surface area contributed by atoms with Gasteiger partial charge in [0.25, 0.3) is 5.91 Å². The van der Waals surface area contributed by atoms with Crippen LogP contribution in [0.5, 0.6) is 0 Å². The van der Waals surface area contributed by atoms with E-state index in [1.807, 2.05) is 9.42 Å². The second-order valence-corrected chi connectivity index (χ2v) is 7.36. The van der Waals surface area contributed by atoms with Crippen molar-refractivity contribution in [2.75, 3.05) is 31.1 Å². The number of hydrogen-bond acceptors (Lipinski definition) is 5.